The molecule has 0 bridgehead atoms. The molecule has 2 rings (SSSR count). The molecular weight excluding hydrogens is 142 g/mol. The number of hydrogen-bond acceptors (Lipinski definition) is 3. The smallest absolute Gasteiger partial charge is 0.180 e. The van der Waals surface area contributed by atoms with Crippen molar-refractivity contribution in [3.8, 4) is 0 Å². The van der Waals surface area contributed by atoms with Gasteiger partial charge in [-0.2, -0.15) is 0 Å². The molecule has 0 aromatic carbocycles. The van der Waals surface area contributed by atoms with Crippen LogP contribution in [0.25, 0.3) is 0 Å². The van der Waals surface area contributed by atoms with E-state index in [1.54, 1.807) is 6.26 Å². The Morgan fingerprint density at radius 2 is 2.64 bits per heavy atom. The molecule has 0 spiro atoms. The van der Waals surface area contributed by atoms with Gasteiger partial charge in [-0.3, -0.25) is 0 Å². The second-order valence-electron chi connectivity index (χ2n) is 2.82. The van der Waals surface area contributed by atoms with Gasteiger partial charge in [0, 0.05) is 13.0 Å². The number of nitrogens with zero attached hydrogens (tertiary/aromatic N) is 1. The zero-order valence-corrected chi connectivity index (χ0v) is 6.32. The Hall–Kier alpha value is -0.830. The van der Waals surface area contributed by atoms with Gasteiger partial charge in [-0.1, -0.05) is 0 Å². The van der Waals surface area contributed by atoms with Crippen molar-refractivity contribution in [3.63, 3.8) is 0 Å². The minimum absolute atomic E-state index is 0.375. The lowest BCUT2D eigenvalue weighted by Crippen LogP contribution is -2.08. The van der Waals surface area contributed by atoms with Gasteiger partial charge in [0.2, 0.25) is 0 Å². The van der Waals surface area contributed by atoms with Gasteiger partial charge in [0.25, 0.3) is 0 Å². The number of rotatable bonds is 2. The number of ether oxygens (including phenoxy) is 1. The molecule has 3 heteroatoms. The van der Waals surface area contributed by atoms with Crippen molar-refractivity contribution in [2.75, 3.05) is 6.61 Å². The Bertz CT molecular complexity index is 202. The summed E-state index contributed by atoms with van der Waals surface area (Å²) >= 11 is 0. The fraction of sp³-hybridized carbons (Fsp3) is 0.625. The summed E-state index contributed by atoms with van der Waals surface area (Å²) in [6, 6.07) is 0. The number of oxazole rings is 1. The van der Waals surface area contributed by atoms with Gasteiger partial charge in [-0.05, 0) is 12.8 Å². The summed E-state index contributed by atoms with van der Waals surface area (Å²) in [6.45, 7) is 0.905. The molecule has 1 aliphatic rings. The Balaban J connectivity index is 1.90. The topological polar surface area (TPSA) is 35.3 Å². The minimum Gasteiger partial charge on any atom is -0.451 e. The highest BCUT2D eigenvalue weighted by Gasteiger charge is 2.16. The summed E-state index contributed by atoms with van der Waals surface area (Å²) in [7, 11) is 0. The zero-order valence-electron chi connectivity index (χ0n) is 6.32. The first-order chi connectivity index (χ1) is 5.45. The molecule has 0 radical (unpaired) electrons. The van der Waals surface area contributed by atoms with E-state index in [2.05, 4.69) is 4.98 Å². The maximum atomic E-state index is 5.44. The van der Waals surface area contributed by atoms with E-state index < -0.39 is 0 Å². The van der Waals surface area contributed by atoms with E-state index in [1.165, 1.54) is 12.8 Å². The third-order valence-electron chi connectivity index (χ3n) is 1.94. The number of hydrogen-bond donors (Lipinski definition) is 0. The standard InChI is InChI=1S/C8H11NO2/c1-2-8(11-3-1)4-7-5-10-6-9-7/h5-6,8H,1-4H2. The van der Waals surface area contributed by atoms with Crippen LogP contribution in [0.3, 0.4) is 0 Å². The molecule has 11 heavy (non-hydrogen) atoms. The second kappa shape index (κ2) is 3.05. The van der Waals surface area contributed by atoms with Crippen LogP contribution in [0.5, 0.6) is 0 Å². The Labute approximate surface area is 65.4 Å². The quantitative estimate of drug-likeness (QED) is 0.644. The first-order valence-corrected chi connectivity index (χ1v) is 3.94. The van der Waals surface area contributed by atoms with Crippen LogP contribution in [0.2, 0.25) is 0 Å². The molecule has 1 aromatic rings. The van der Waals surface area contributed by atoms with Crippen LogP contribution in [0.15, 0.2) is 17.1 Å². The lowest BCUT2D eigenvalue weighted by molar-refractivity contribution is 0.110. The van der Waals surface area contributed by atoms with Gasteiger partial charge in [0.15, 0.2) is 6.39 Å². The average molecular weight is 153 g/mol. The van der Waals surface area contributed by atoms with Crippen LogP contribution in [-0.4, -0.2) is 17.7 Å². The van der Waals surface area contributed by atoms with Crippen molar-refractivity contribution in [3.05, 3.63) is 18.4 Å². The fourth-order valence-corrected chi connectivity index (χ4v) is 1.38. The number of aromatic nitrogens is 1. The van der Waals surface area contributed by atoms with Crippen molar-refractivity contribution < 1.29 is 9.15 Å². The van der Waals surface area contributed by atoms with E-state index in [4.69, 9.17) is 9.15 Å². The summed E-state index contributed by atoms with van der Waals surface area (Å²) in [5.41, 5.74) is 0.997. The molecule has 1 aliphatic heterocycles. The molecule has 1 saturated heterocycles. The Kier molecular flexibility index (Phi) is 1.90. The van der Waals surface area contributed by atoms with Gasteiger partial charge in [0.1, 0.15) is 6.26 Å². The second-order valence-corrected chi connectivity index (χ2v) is 2.82. The lowest BCUT2D eigenvalue weighted by atomic mass is 10.1. The highest BCUT2D eigenvalue weighted by atomic mass is 16.5. The third kappa shape index (κ3) is 1.60. The van der Waals surface area contributed by atoms with E-state index in [0.29, 0.717) is 6.10 Å². The predicted molar refractivity (Wildman–Crippen MR) is 39.2 cm³/mol. The molecular formula is C8H11NO2. The first-order valence-electron chi connectivity index (χ1n) is 3.94. The van der Waals surface area contributed by atoms with Crippen molar-refractivity contribution >= 4 is 0 Å². The third-order valence-corrected chi connectivity index (χ3v) is 1.94. The van der Waals surface area contributed by atoms with E-state index in [1.807, 2.05) is 0 Å². The normalized spacial score (nSPS) is 24.2. The van der Waals surface area contributed by atoms with E-state index in [0.717, 1.165) is 25.1 Å². The summed E-state index contributed by atoms with van der Waals surface area (Å²) in [5, 5.41) is 0. The Morgan fingerprint density at radius 3 is 3.27 bits per heavy atom. The average Bonchev–Trinajstić information content (AvgIpc) is 2.60. The minimum atomic E-state index is 0.375. The maximum absolute atomic E-state index is 5.44. The predicted octanol–water partition coefficient (Wildman–Crippen LogP) is 1.40. The summed E-state index contributed by atoms with van der Waals surface area (Å²) in [6.07, 6.45) is 6.76. The van der Waals surface area contributed by atoms with Crippen molar-refractivity contribution in [2.45, 2.75) is 25.4 Å². The molecule has 60 valence electrons. The molecule has 3 nitrogen and oxygen atoms in total. The van der Waals surface area contributed by atoms with Gasteiger partial charge in [-0.25, -0.2) is 4.98 Å². The van der Waals surface area contributed by atoms with Gasteiger partial charge in [-0.15, -0.1) is 0 Å². The van der Waals surface area contributed by atoms with Crippen LogP contribution in [0.4, 0.5) is 0 Å². The molecule has 1 unspecified atom stereocenters. The highest BCUT2D eigenvalue weighted by molar-refractivity contribution is 4.94. The van der Waals surface area contributed by atoms with Crippen LogP contribution >= 0.6 is 0 Å². The van der Waals surface area contributed by atoms with E-state index in [-0.39, 0.29) is 0 Å². The van der Waals surface area contributed by atoms with Gasteiger partial charge < -0.3 is 9.15 Å². The molecule has 0 aliphatic carbocycles. The van der Waals surface area contributed by atoms with E-state index >= 15 is 0 Å². The van der Waals surface area contributed by atoms with Crippen LogP contribution in [-0.2, 0) is 11.2 Å². The molecule has 0 amide bonds. The van der Waals surface area contributed by atoms with Gasteiger partial charge in [0.05, 0.1) is 11.8 Å². The molecule has 1 aromatic heterocycles. The molecule has 1 fully saturated rings. The Morgan fingerprint density at radius 1 is 1.64 bits per heavy atom. The van der Waals surface area contributed by atoms with Crippen LogP contribution in [0.1, 0.15) is 18.5 Å². The summed E-state index contributed by atoms with van der Waals surface area (Å²) in [4.78, 5) is 4.03. The SMILES string of the molecule is c1nc(CC2CCCO2)co1. The zero-order chi connectivity index (χ0) is 7.52. The molecule has 2 heterocycles. The fourth-order valence-electron chi connectivity index (χ4n) is 1.38. The molecule has 1 atom stereocenters. The van der Waals surface area contributed by atoms with Gasteiger partial charge >= 0.3 is 0 Å². The van der Waals surface area contributed by atoms with E-state index in [9.17, 15) is 0 Å². The summed E-state index contributed by atoms with van der Waals surface area (Å²) in [5.74, 6) is 0. The molecule has 0 saturated carbocycles. The maximum Gasteiger partial charge on any atom is 0.180 e. The van der Waals surface area contributed by atoms with Crippen molar-refractivity contribution in [1.29, 1.82) is 0 Å². The lowest BCUT2D eigenvalue weighted by Gasteiger charge is -2.04. The largest absolute Gasteiger partial charge is 0.451 e. The monoisotopic (exact) mass is 153 g/mol. The highest BCUT2D eigenvalue weighted by Crippen LogP contribution is 2.15. The van der Waals surface area contributed by atoms with Crippen LogP contribution in [0, 0.1) is 0 Å². The van der Waals surface area contributed by atoms with Crippen LogP contribution < -0.4 is 0 Å². The van der Waals surface area contributed by atoms with Crippen molar-refractivity contribution in [2.24, 2.45) is 0 Å². The summed E-state index contributed by atoms with van der Waals surface area (Å²) < 4.78 is 10.3. The van der Waals surface area contributed by atoms with Crippen molar-refractivity contribution in [1.82, 2.24) is 4.98 Å². The molecule has 0 N–H and O–H groups in total. The first kappa shape index (κ1) is 6.85.